The first kappa shape index (κ1) is 22.1. The van der Waals surface area contributed by atoms with E-state index in [1.54, 1.807) is 20.2 Å². The summed E-state index contributed by atoms with van der Waals surface area (Å²) in [5.74, 6) is -1.18. The highest BCUT2D eigenvalue weighted by Crippen LogP contribution is 2.29. The summed E-state index contributed by atoms with van der Waals surface area (Å²) in [5.41, 5.74) is 0.369. The van der Waals surface area contributed by atoms with Gasteiger partial charge in [0.15, 0.2) is 6.61 Å². The number of likely N-dealkylation sites (N-methyl/N-ethyl adjacent to an activating group) is 1. The van der Waals surface area contributed by atoms with Crippen molar-refractivity contribution in [3.8, 4) is 0 Å². The van der Waals surface area contributed by atoms with E-state index in [9.17, 15) is 24.5 Å². The van der Waals surface area contributed by atoms with Gasteiger partial charge in [0.2, 0.25) is 5.91 Å². The number of esters is 1. The van der Waals surface area contributed by atoms with Gasteiger partial charge in [-0.3, -0.25) is 19.7 Å². The first-order valence-electron chi connectivity index (χ1n) is 9.36. The standard InChI is InChI=1S/C19H26N4O6/c1-13-6-8-22(9-7-13)16-5-4-14(23(27)28)10-15(16)19(26)29-12-17(24)20-11-18(25)21(2)3/h4-5,10,13H,6-9,11-12H2,1-3H3,(H,20,24). The van der Waals surface area contributed by atoms with Crippen LogP contribution in [0.1, 0.15) is 30.1 Å². The molecule has 0 aliphatic carbocycles. The van der Waals surface area contributed by atoms with Crippen molar-refractivity contribution in [2.75, 3.05) is 45.2 Å². The summed E-state index contributed by atoms with van der Waals surface area (Å²) in [7, 11) is 3.11. The molecule has 0 radical (unpaired) electrons. The lowest BCUT2D eigenvalue weighted by Crippen LogP contribution is -2.38. The summed E-state index contributed by atoms with van der Waals surface area (Å²) >= 11 is 0. The van der Waals surface area contributed by atoms with Crippen LogP contribution in [0.5, 0.6) is 0 Å². The van der Waals surface area contributed by atoms with E-state index in [-0.39, 0.29) is 23.7 Å². The number of nitrogens with zero attached hydrogens (tertiary/aromatic N) is 3. The second-order valence-corrected chi connectivity index (χ2v) is 7.27. The third kappa shape index (κ3) is 6.16. The second-order valence-electron chi connectivity index (χ2n) is 7.27. The Hall–Kier alpha value is -3.17. The molecule has 1 aliphatic rings. The number of rotatable bonds is 7. The molecular formula is C19H26N4O6. The summed E-state index contributed by atoms with van der Waals surface area (Å²) in [5, 5.41) is 13.5. The van der Waals surface area contributed by atoms with E-state index in [2.05, 4.69) is 12.2 Å². The van der Waals surface area contributed by atoms with E-state index in [1.807, 2.05) is 4.90 Å². The molecule has 1 heterocycles. The topological polar surface area (TPSA) is 122 Å². The Morgan fingerprint density at radius 1 is 1.28 bits per heavy atom. The highest BCUT2D eigenvalue weighted by molar-refractivity contribution is 5.98. The molecule has 1 aliphatic heterocycles. The lowest BCUT2D eigenvalue weighted by atomic mass is 9.98. The van der Waals surface area contributed by atoms with Crippen LogP contribution in [0.4, 0.5) is 11.4 Å². The van der Waals surface area contributed by atoms with Crippen LogP contribution in [0.2, 0.25) is 0 Å². The van der Waals surface area contributed by atoms with Crippen LogP contribution >= 0.6 is 0 Å². The Morgan fingerprint density at radius 3 is 2.52 bits per heavy atom. The molecule has 158 valence electrons. The lowest BCUT2D eigenvalue weighted by Gasteiger charge is -2.33. The predicted molar refractivity (Wildman–Crippen MR) is 106 cm³/mol. The van der Waals surface area contributed by atoms with Crippen molar-refractivity contribution in [1.82, 2.24) is 10.2 Å². The Labute approximate surface area is 168 Å². The summed E-state index contributed by atoms with van der Waals surface area (Å²) in [6.07, 6.45) is 1.90. The fraction of sp³-hybridized carbons (Fsp3) is 0.526. The van der Waals surface area contributed by atoms with Gasteiger partial charge in [-0.1, -0.05) is 6.92 Å². The highest BCUT2D eigenvalue weighted by atomic mass is 16.6. The summed E-state index contributed by atoms with van der Waals surface area (Å²) in [6, 6.07) is 4.06. The summed E-state index contributed by atoms with van der Waals surface area (Å²) in [4.78, 5) is 49.7. The molecule has 2 rings (SSSR count). The molecule has 0 atom stereocenters. The summed E-state index contributed by atoms with van der Waals surface area (Å²) < 4.78 is 5.04. The third-order valence-corrected chi connectivity index (χ3v) is 4.81. The third-order valence-electron chi connectivity index (χ3n) is 4.81. The van der Waals surface area contributed by atoms with Gasteiger partial charge in [0.1, 0.15) is 0 Å². The van der Waals surface area contributed by atoms with Gasteiger partial charge in [-0.2, -0.15) is 0 Å². The van der Waals surface area contributed by atoms with E-state index in [0.29, 0.717) is 11.6 Å². The van der Waals surface area contributed by atoms with Crippen molar-refractivity contribution in [3.63, 3.8) is 0 Å². The molecule has 0 aromatic heterocycles. The van der Waals surface area contributed by atoms with Crippen LogP contribution in [0.15, 0.2) is 18.2 Å². The molecule has 29 heavy (non-hydrogen) atoms. The van der Waals surface area contributed by atoms with Gasteiger partial charge >= 0.3 is 5.97 Å². The van der Waals surface area contributed by atoms with E-state index in [4.69, 9.17) is 4.74 Å². The van der Waals surface area contributed by atoms with Gasteiger partial charge in [-0.05, 0) is 24.8 Å². The number of benzene rings is 1. The van der Waals surface area contributed by atoms with Crippen molar-refractivity contribution in [1.29, 1.82) is 0 Å². The SMILES string of the molecule is CC1CCN(c2ccc([N+](=O)[O-])cc2C(=O)OCC(=O)NCC(=O)N(C)C)CC1. The van der Waals surface area contributed by atoms with Crippen LogP contribution in [-0.2, 0) is 14.3 Å². The minimum atomic E-state index is -0.823. The zero-order valence-corrected chi connectivity index (χ0v) is 16.8. The minimum absolute atomic E-state index is 0.0471. The van der Waals surface area contributed by atoms with E-state index >= 15 is 0 Å². The summed E-state index contributed by atoms with van der Waals surface area (Å²) in [6.45, 7) is 2.82. The van der Waals surface area contributed by atoms with Crippen LogP contribution in [0.25, 0.3) is 0 Å². The number of hydrogen-bond acceptors (Lipinski definition) is 7. The zero-order valence-electron chi connectivity index (χ0n) is 16.8. The van der Waals surface area contributed by atoms with Crippen molar-refractivity contribution < 1.29 is 24.0 Å². The van der Waals surface area contributed by atoms with Crippen LogP contribution in [0, 0.1) is 16.0 Å². The average Bonchev–Trinajstić information content (AvgIpc) is 2.70. The Kier molecular flexibility index (Phi) is 7.52. The van der Waals surface area contributed by atoms with E-state index < -0.39 is 23.4 Å². The monoisotopic (exact) mass is 406 g/mol. The molecule has 0 unspecified atom stereocenters. The van der Waals surface area contributed by atoms with Crippen molar-refractivity contribution in [2.45, 2.75) is 19.8 Å². The molecule has 10 heteroatoms. The molecule has 1 aromatic rings. The molecule has 2 amide bonds. The molecule has 10 nitrogen and oxygen atoms in total. The number of hydrogen-bond donors (Lipinski definition) is 1. The molecule has 0 bridgehead atoms. The number of ether oxygens (including phenoxy) is 1. The Morgan fingerprint density at radius 2 is 1.93 bits per heavy atom. The van der Waals surface area contributed by atoms with E-state index in [1.165, 1.54) is 17.0 Å². The second kappa shape index (κ2) is 9.85. The molecule has 1 fully saturated rings. The van der Waals surface area contributed by atoms with Crippen molar-refractivity contribution in [3.05, 3.63) is 33.9 Å². The van der Waals surface area contributed by atoms with Gasteiger partial charge in [-0.15, -0.1) is 0 Å². The predicted octanol–water partition coefficient (Wildman–Crippen LogP) is 1.19. The molecule has 0 spiro atoms. The normalized spacial score (nSPS) is 14.2. The number of non-ortho nitro benzene ring substituents is 1. The number of piperidine rings is 1. The molecular weight excluding hydrogens is 380 g/mol. The van der Waals surface area contributed by atoms with Gasteiger partial charge in [0, 0.05) is 39.3 Å². The van der Waals surface area contributed by atoms with Gasteiger partial charge in [0.25, 0.3) is 11.6 Å². The number of nitrogens with one attached hydrogen (secondary N) is 1. The fourth-order valence-corrected chi connectivity index (χ4v) is 2.92. The maximum Gasteiger partial charge on any atom is 0.341 e. The maximum absolute atomic E-state index is 12.6. The molecule has 1 aromatic carbocycles. The fourth-order valence-electron chi connectivity index (χ4n) is 2.92. The van der Waals surface area contributed by atoms with Crippen molar-refractivity contribution in [2.24, 2.45) is 5.92 Å². The van der Waals surface area contributed by atoms with Crippen LogP contribution in [0.3, 0.4) is 0 Å². The number of anilines is 1. The first-order valence-corrected chi connectivity index (χ1v) is 9.36. The number of nitro groups is 1. The number of amides is 2. The number of nitro benzene ring substituents is 1. The molecule has 1 N–H and O–H groups in total. The zero-order chi connectivity index (χ0) is 21.6. The maximum atomic E-state index is 12.6. The molecule has 0 saturated carbocycles. The van der Waals surface area contributed by atoms with Gasteiger partial charge in [0.05, 0.1) is 22.7 Å². The van der Waals surface area contributed by atoms with Crippen molar-refractivity contribution >= 4 is 29.2 Å². The molecule has 1 saturated heterocycles. The van der Waals surface area contributed by atoms with Crippen LogP contribution in [-0.4, -0.2) is 67.9 Å². The van der Waals surface area contributed by atoms with Gasteiger partial charge in [-0.25, -0.2) is 4.79 Å². The first-order chi connectivity index (χ1) is 13.7. The smallest absolute Gasteiger partial charge is 0.341 e. The number of carbonyl (C=O) groups is 3. The lowest BCUT2D eigenvalue weighted by molar-refractivity contribution is -0.384. The van der Waals surface area contributed by atoms with Crippen LogP contribution < -0.4 is 10.2 Å². The van der Waals surface area contributed by atoms with E-state index in [0.717, 1.165) is 25.9 Å². The number of carbonyl (C=O) groups excluding carboxylic acids is 3. The highest BCUT2D eigenvalue weighted by Gasteiger charge is 2.24. The Bertz CT molecular complexity index is 787. The average molecular weight is 406 g/mol. The Balaban J connectivity index is 2.08. The van der Waals surface area contributed by atoms with Gasteiger partial charge < -0.3 is 19.9 Å². The minimum Gasteiger partial charge on any atom is -0.452 e. The largest absolute Gasteiger partial charge is 0.452 e. The quantitative estimate of drug-likeness (QED) is 0.410.